The molecule has 1 amide bonds. The Morgan fingerprint density at radius 3 is 2.75 bits per heavy atom. The summed E-state index contributed by atoms with van der Waals surface area (Å²) in [7, 11) is 2.59. The van der Waals surface area contributed by atoms with E-state index in [2.05, 4.69) is 42.9 Å². The van der Waals surface area contributed by atoms with Crippen molar-refractivity contribution in [2.45, 2.75) is 13.5 Å². The van der Waals surface area contributed by atoms with Crippen LogP contribution in [0.4, 0.5) is 0 Å². The summed E-state index contributed by atoms with van der Waals surface area (Å²) < 4.78 is 6.85. The predicted molar refractivity (Wildman–Crippen MR) is 120 cm³/mol. The van der Waals surface area contributed by atoms with Gasteiger partial charge in [-0.2, -0.15) is 5.26 Å². The zero-order chi connectivity index (χ0) is 20.3. The van der Waals surface area contributed by atoms with Crippen LogP contribution in [-0.2, 0) is 6.61 Å². The van der Waals surface area contributed by atoms with Crippen LogP contribution in [0.15, 0.2) is 48.7 Å². The van der Waals surface area contributed by atoms with Gasteiger partial charge in [-0.1, -0.05) is 6.07 Å². The maximum Gasteiger partial charge on any atom is 0.248 e. The zero-order valence-corrected chi connectivity index (χ0v) is 18.4. The van der Waals surface area contributed by atoms with E-state index in [0.29, 0.717) is 17.7 Å². The van der Waals surface area contributed by atoms with E-state index >= 15 is 0 Å². The fraction of sp³-hybridized carbons (Fsp3) is 0.0952. The van der Waals surface area contributed by atoms with Crippen LogP contribution >= 0.6 is 31.8 Å². The minimum atomic E-state index is -0.440. The molecule has 0 aliphatic heterocycles. The van der Waals surface area contributed by atoms with Crippen molar-refractivity contribution in [1.29, 1.82) is 5.26 Å². The molecule has 2 aromatic carbocycles. The van der Waals surface area contributed by atoms with E-state index in [0.717, 1.165) is 37.0 Å². The lowest BCUT2D eigenvalue weighted by atomic mass is 10.0. The maximum absolute atomic E-state index is 11.4. The molecule has 0 radical (unpaired) electrons. The number of amides is 1. The topological polar surface area (TPSA) is 89.0 Å². The standard InChI is InChI=1S/C21H17IN3O2P/c1-12-8-14(2-4-16(12)21(24)26)17-9-13(6-7-25-17)11-27-18-5-3-15(10-23)20(28)19(18)22/h2-9H,11,28H2,1H3,(H2,24,26). The van der Waals surface area contributed by atoms with Gasteiger partial charge in [0.1, 0.15) is 12.4 Å². The molecule has 0 fully saturated rings. The number of rotatable bonds is 5. The molecule has 3 aromatic rings. The molecule has 28 heavy (non-hydrogen) atoms. The van der Waals surface area contributed by atoms with Gasteiger partial charge in [-0.15, -0.1) is 9.24 Å². The van der Waals surface area contributed by atoms with Crippen LogP contribution in [0, 0.1) is 21.8 Å². The van der Waals surface area contributed by atoms with Gasteiger partial charge in [0.15, 0.2) is 0 Å². The molecule has 0 aliphatic carbocycles. The number of halogens is 1. The summed E-state index contributed by atoms with van der Waals surface area (Å²) in [6.45, 7) is 2.23. The molecule has 1 atom stereocenters. The first kappa shape index (κ1) is 20.2. The fourth-order valence-electron chi connectivity index (χ4n) is 2.76. The van der Waals surface area contributed by atoms with Gasteiger partial charge in [0.2, 0.25) is 5.91 Å². The van der Waals surface area contributed by atoms with Crippen LogP contribution in [0.3, 0.4) is 0 Å². The normalized spacial score (nSPS) is 10.4. The molecular formula is C21H17IN3O2P. The summed E-state index contributed by atoms with van der Waals surface area (Å²) in [4.78, 5) is 15.8. The van der Waals surface area contributed by atoms with Crippen molar-refractivity contribution >= 4 is 43.0 Å². The third kappa shape index (κ3) is 4.32. The monoisotopic (exact) mass is 501 g/mol. The fourth-order valence-corrected chi connectivity index (χ4v) is 3.69. The van der Waals surface area contributed by atoms with Crippen LogP contribution in [0.2, 0.25) is 0 Å². The van der Waals surface area contributed by atoms with Crippen LogP contribution in [0.25, 0.3) is 11.3 Å². The SMILES string of the molecule is Cc1cc(-c2cc(COc3ccc(C#N)c(P)c3I)ccn2)ccc1C(N)=O. The van der Waals surface area contributed by atoms with Gasteiger partial charge in [0.25, 0.3) is 0 Å². The van der Waals surface area contributed by atoms with E-state index < -0.39 is 5.91 Å². The minimum absolute atomic E-state index is 0.375. The van der Waals surface area contributed by atoms with Crippen molar-refractivity contribution in [2.24, 2.45) is 5.73 Å². The average molecular weight is 501 g/mol. The van der Waals surface area contributed by atoms with Gasteiger partial charge in [0, 0.05) is 22.6 Å². The number of benzene rings is 2. The van der Waals surface area contributed by atoms with Gasteiger partial charge in [-0.3, -0.25) is 9.78 Å². The van der Waals surface area contributed by atoms with Crippen LogP contribution in [-0.4, -0.2) is 10.9 Å². The van der Waals surface area contributed by atoms with E-state index in [4.69, 9.17) is 15.7 Å². The second-order valence-corrected chi connectivity index (χ2v) is 7.84. The molecule has 0 spiro atoms. The molecule has 0 aliphatic rings. The van der Waals surface area contributed by atoms with Gasteiger partial charge < -0.3 is 10.5 Å². The highest BCUT2D eigenvalue weighted by atomic mass is 127. The molecule has 0 bridgehead atoms. The highest BCUT2D eigenvalue weighted by molar-refractivity contribution is 14.1. The minimum Gasteiger partial charge on any atom is -0.488 e. The summed E-state index contributed by atoms with van der Waals surface area (Å²) in [5, 5.41) is 9.94. The highest BCUT2D eigenvalue weighted by Crippen LogP contribution is 2.25. The molecule has 5 nitrogen and oxygen atoms in total. The average Bonchev–Trinajstić information content (AvgIpc) is 2.69. The highest BCUT2D eigenvalue weighted by Gasteiger charge is 2.10. The maximum atomic E-state index is 11.4. The van der Waals surface area contributed by atoms with Crippen molar-refractivity contribution in [3.8, 4) is 23.1 Å². The van der Waals surface area contributed by atoms with Crippen molar-refractivity contribution < 1.29 is 9.53 Å². The molecule has 1 heterocycles. The molecule has 3 rings (SSSR count). The molecule has 0 saturated carbocycles. The molecule has 140 valence electrons. The molecule has 7 heteroatoms. The van der Waals surface area contributed by atoms with Gasteiger partial charge in [-0.25, -0.2) is 0 Å². The van der Waals surface area contributed by atoms with E-state index in [1.807, 2.05) is 37.3 Å². The van der Waals surface area contributed by atoms with E-state index in [1.165, 1.54) is 0 Å². The third-order valence-corrected chi connectivity index (χ3v) is 6.57. The molecule has 1 aromatic heterocycles. The first-order valence-electron chi connectivity index (χ1n) is 8.37. The summed E-state index contributed by atoms with van der Waals surface area (Å²) in [5.74, 6) is 0.286. The number of ether oxygens (including phenoxy) is 1. The number of aromatic nitrogens is 1. The number of nitrogens with zero attached hydrogens (tertiary/aromatic N) is 2. The van der Waals surface area contributed by atoms with E-state index in [1.54, 1.807) is 18.3 Å². The summed E-state index contributed by atoms with van der Waals surface area (Å²) in [5.41, 5.74) is 9.97. The number of carbonyl (C=O) groups is 1. The predicted octanol–water partition coefficient (Wildman–Crippen LogP) is 3.71. The van der Waals surface area contributed by atoms with Gasteiger partial charge >= 0.3 is 0 Å². The van der Waals surface area contributed by atoms with E-state index in [9.17, 15) is 4.79 Å². The molecule has 1 unspecified atom stereocenters. The summed E-state index contributed by atoms with van der Waals surface area (Å²) in [6.07, 6.45) is 1.73. The van der Waals surface area contributed by atoms with Crippen molar-refractivity contribution in [3.63, 3.8) is 0 Å². The van der Waals surface area contributed by atoms with Crippen molar-refractivity contribution in [2.75, 3.05) is 0 Å². The lowest BCUT2D eigenvalue weighted by molar-refractivity contribution is 0.0999. The van der Waals surface area contributed by atoms with Crippen LogP contribution in [0.5, 0.6) is 5.75 Å². The quantitative estimate of drug-likeness (QED) is 0.427. The molecule has 2 N–H and O–H groups in total. The number of hydrogen-bond acceptors (Lipinski definition) is 4. The van der Waals surface area contributed by atoms with Crippen molar-refractivity contribution in [3.05, 3.63) is 74.5 Å². The van der Waals surface area contributed by atoms with Crippen LogP contribution < -0.4 is 15.8 Å². The first-order chi connectivity index (χ1) is 13.4. The Morgan fingerprint density at radius 2 is 2.07 bits per heavy atom. The van der Waals surface area contributed by atoms with Gasteiger partial charge in [-0.05, 0) is 77.0 Å². The van der Waals surface area contributed by atoms with Gasteiger partial charge in [0.05, 0.1) is 20.9 Å². The number of aryl methyl sites for hydroxylation is 1. The Morgan fingerprint density at radius 1 is 1.29 bits per heavy atom. The number of carbonyl (C=O) groups excluding carboxylic acids is 1. The zero-order valence-electron chi connectivity index (χ0n) is 15.1. The smallest absolute Gasteiger partial charge is 0.248 e. The third-order valence-electron chi connectivity index (χ3n) is 4.27. The summed E-state index contributed by atoms with van der Waals surface area (Å²) in [6, 6.07) is 15.0. The Hall–Kier alpha value is -2.49. The largest absolute Gasteiger partial charge is 0.488 e. The number of primary amides is 1. The van der Waals surface area contributed by atoms with E-state index in [-0.39, 0.29) is 0 Å². The molecular weight excluding hydrogens is 484 g/mol. The molecule has 0 saturated heterocycles. The second kappa shape index (κ2) is 8.68. The lowest BCUT2D eigenvalue weighted by Crippen LogP contribution is -2.12. The first-order valence-corrected chi connectivity index (χ1v) is 10.0. The van der Waals surface area contributed by atoms with Crippen LogP contribution in [0.1, 0.15) is 27.0 Å². The van der Waals surface area contributed by atoms with Crippen molar-refractivity contribution in [1.82, 2.24) is 4.98 Å². The lowest BCUT2D eigenvalue weighted by Gasteiger charge is -2.12. The Kier molecular flexibility index (Phi) is 6.28. The number of nitriles is 1. The Labute approximate surface area is 179 Å². The Balaban J connectivity index is 1.81. The number of pyridine rings is 1. The second-order valence-electron chi connectivity index (χ2n) is 6.18. The Bertz CT molecular complexity index is 1110. The number of nitrogens with two attached hydrogens (primary N) is 1. The summed E-state index contributed by atoms with van der Waals surface area (Å²) >= 11 is 2.18. The number of hydrogen-bond donors (Lipinski definition) is 1.